The molecular formula is C22H31FIN3O3. The fourth-order valence-electron chi connectivity index (χ4n) is 3.01. The lowest BCUT2D eigenvalue weighted by Crippen LogP contribution is -2.39. The first kappa shape index (κ1) is 26.0. The minimum Gasteiger partial charge on any atom is -0.493 e. The van der Waals surface area contributed by atoms with E-state index in [-0.39, 0.29) is 36.1 Å². The Labute approximate surface area is 195 Å². The van der Waals surface area contributed by atoms with Crippen LogP contribution >= 0.6 is 24.0 Å². The monoisotopic (exact) mass is 531 g/mol. The van der Waals surface area contributed by atoms with Crippen LogP contribution in [0.5, 0.6) is 11.5 Å². The van der Waals surface area contributed by atoms with E-state index < -0.39 is 11.9 Å². The number of guanidine groups is 1. The molecule has 2 aromatic carbocycles. The van der Waals surface area contributed by atoms with E-state index in [1.165, 1.54) is 6.07 Å². The minimum atomic E-state index is -1.01. The van der Waals surface area contributed by atoms with Gasteiger partial charge in [0.25, 0.3) is 0 Å². The molecule has 2 rings (SSSR count). The molecular weight excluding hydrogens is 500 g/mol. The quantitative estimate of drug-likeness (QED) is 0.308. The number of benzene rings is 2. The highest BCUT2D eigenvalue weighted by atomic mass is 127. The topological polar surface area (TPSA) is 66.3 Å². The average Bonchev–Trinajstić information content (AvgIpc) is 2.72. The zero-order chi connectivity index (χ0) is 21.4. The highest BCUT2D eigenvalue weighted by Gasteiger charge is 2.15. The first-order valence-corrected chi connectivity index (χ1v) is 9.54. The van der Waals surface area contributed by atoms with E-state index in [9.17, 15) is 9.50 Å². The van der Waals surface area contributed by atoms with Gasteiger partial charge in [0.2, 0.25) is 0 Å². The molecule has 2 N–H and O–H groups in total. The molecule has 0 aliphatic rings. The summed E-state index contributed by atoms with van der Waals surface area (Å²) in [6.07, 6.45) is -1.01. The first-order valence-electron chi connectivity index (χ1n) is 9.54. The lowest BCUT2D eigenvalue weighted by Gasteiger charge is -2.24. The van der Waals surface area contributed by atoms with Crippen molar-refractivity contribution in [3.05, 3.63) is 58.9 Å². The normalized spacial score (nSPS) is 12.0. The largest absolute Gasteiger partial charge is 0.493 e. The maximum atomic E-state index is 13.9. The maximum absolute atomic E-state index is 13.9. The third-order valence-corrected chi connectivity index (χ3v) is 4.62. The predicted molar refractivity (Wildman–Crippen MR) is 129 cm³/mol. The molecule has 0 spiro atoms. The van der Waals surface area contributed by atoms with Gasteiger partial charge >= 0.3 is 0 Å². The zero-order valence-electron chi connectivity index (χ0n) is 18.1. The minimum absolute atomic E-state index is 0. The molecule has 8 heteroatoms. The van der Waals surface area contributed by atoms with Crippen LogP contribution < -0.4 is 14.8 Å². The molecule has 30 heavy (non-hydrogen) atoms. The fraction of sp³-hybridized carbons (Fsp3) is 0.409. The zero-order valence-corrected chi connectivity index (χ0v) is 20.4. The van der Waals surface area contributed by atoms with Gasteiger partial charge in [0.1, 0.15) is 11.9 Å². The number of ether oxygens (including phenoxy) is 2. The Kier molecular flexibility index (Phi) is 10.9. The van der Waals surface area contributed by atoms with Crippen LogP contribution in [0, 0.1) is 12.7 Å². The molecule has 166 valence electrons. The number of hydrogen-bond donors (Lipinski definition) is 2. The van der Waals surface area contributed by atoms with Crippen molar-refractivity contribution >= 4 is 29.9 Å². The number of nitrogens with one attached hydrogen (secondary N) is 1. The number of aryl methyl sites for hydroxylation is 1. The second kappa shape index (κ2) is 12.6. The van der Waals surface area contributed by atoms with Gasteiger partial charge in [-0.3, -0.25) is 4.99 Å². The van der Waals surface area contributed by atoms with Gasteiger partial charge in [-0.15, -0.1) is 24.0 Å². The van der Waals surface area contributed by atoms with Crippen molar-refractivity contribution in [3.63, 3.8) is 0 Å². The summed E-state index contributed by atoms with van der Waals surface area (Å²) in [5, 5.41) is 13.5. The Bertz CT molecular complexity index is 848. The fourth-order valence-corrected chi connectivity index (χ4v) is 3.01. The number of aliphatic hydroxyl groups excluding tert-OH is 1. The van der Waals surface area contributed by atoms with E-state index in [0.29, 0.717) is 30.5 Å². The molecule has 0 heterocycles. The highest BCUT2D eigenvalue weighted by Crippen LogP contribution is 2.30. The lowest BCUT2D eigenvalue weighted by atomic mass is 10.1. The van der Waals surface area contributed by atoms with E-state index in [1.54, 1.807) is 32.4 Å². The van der Waals surface area contributed by atoms with Crippen molar-refractivity contribution < 1.29 is 19.0 Å². The Hall–Kier alpha value is -2.07. The van der Waals surface area contributed by atoms with Gasteiger partial charge < -0.3 is 24.8 Å². The smallest absolute Gasteiger partial charge is 0.194 e. The third-order valence-electron chi connectivity index (χ3n) is 4.62. The van der Waals surface area contributed by atoms with E-state index in [4.69, 9.17) is 9.47 Å². The van der Waals surface area contributed by atoms with Crippen LogP contribution in [0.1, 0.15) is 29.7 Å². The summed E-state index contributed by atoms with van der Waals surface area (Å²) < 4.78 is 24.6. The first-order chi connectivity index (χ1) is 13.9. The Morgan fingerprint density at radius 2 is 1.83 bits per heavy atom. The number of aliphatic hydroxyl groups is 1. The SMILES string of the molecule is CCNC(=NCC(O)c1ccccc1F)N(C)Cc1cc(OC)c(OC)cc1C.I. The maximum Gasteiger partial charge on any atom is 0.194 e. The van der Waals surface area contributed by atoms with Crippen molar-refractivity contribution in [2.45, 2.75) is 26.5 Å². The summed E-state index contributed by atoms with van der Waals surface area (Å²) in [5.41, 5.74) is 2.37. The number of aliphatic imine (C=N–C) groups is 1. The van der Waals surface area contributed by atoms with E-state index >= 15 is 0 Å². The summed E-state index contributed by atoms with van der Waals surface area (Å²) in [5.74, 6) is 1.54. The lowest BCUT2D eigenvalue weighted by molar-refractivity contribution is 0.181. The van der Waals surface area contributed by atoms with Crippen molar-refractivity contribution in [2.75, 3.05) is 34.4 Å². The van der Waals surface area contributed by atoms with Gasteiger partial charge in [0.05, 0.1) is 20.8 Å². The van der Waals surface area contributed by atoms with Crippen LogP contribution in [0.3, 0.4) is 0 Å². The van der Waals surface area contributed by atoms with Crippen LogP contribution in [0.4, 0.5) is 4.39 Å². The van der Waals surface area contributed by atoms with Crippen LogP contribution in [0.15, 0.2) is 41.4 Å². The molecule has 0 fully saturated rings. The molecule has 6 nitrogen and oxygen atoms in total. The number of methoxy groups -OCH3 is 2. The summed E-state index contributed by atoms with van der Waals surface area (Å²) in [6.45, 7) is 5.28. The average molecular weight is 531 g/mol. The molecule has 0 saturated heterocycles. The van der Waals surface area contributed by atoms with Crippen LogP contribution in [-0.4, -0.2) is 50.3 Å². The van der Waals surface area contributed by atoms with Crippen molar-refractivity contribution in [1.82, 2.24) is 10.2 Å². The molecule has 1 atom stereocenters. The molecule has 0 saturated carbocycles. The predicted octanol–water partition coefficient (Wildman–Crippen LogP) is 3.90. The summed E-state index contributed by atoms with van der Waals surface area (Å²) in [6, 6.07) is 10.1. The molecule has 0 aromatic heterocycles. The van der Waals surface area contributed by atoms with Crippen molar-refractivity contribution in [2.24, 2.45) is 4.99 Å². The molecule has 0 amide bonds. The number of hydrogen-bond acceptors (Lipinski definition) is 4. The van der Waals surface area contributed by atoms with Gasteiger partial charge in [-0.25, -0.2) is 4.39 Å². The van der Waals surface area contributed by atoms with Gasteiger partial charge in [-0.2, -0.15) is 0 Å². The van der Waals surface area contributed by atoms with Crippen LogP contribution in [-0.2, 0) is 6.54 Å². The van der Waals surface area contributed by atoms with Gasteiger partial charge in [0, 0.05) is 25.7 Å². The molecule has 1 unspecified atom stereocenters. The van der Waals surface area contributed by atoms with Gasteiger partial charge in [-0.05, 0) is 43.2 Å². The summed E-state index contributed by atoms with van der Waals surface area (Å²) >= 11 is 0. The van der Waals surface area contributed by atoms with E-state index in [1.807, 2.05) is 37.9 Å². The summed E-state index contributed by atoms with van der Waals surface area (Å²) in [4.78, 5) is 6.44. The molecule has 0 aliphatic heterocycles. The molecule has 0 radical (unpaired) electrons. The van der Waals surface area contributed by atoms with E-state index in [2.05, 4.69) is 10.3 Å². The number of halogens is 2. The summed E-state index contributed by atoms with van der Waals surface area (Å²) in [7, 11) is 5.13. The molecule has 0 bridgehead atoms. The highest BCUT2D eigenvalue weighted by molar-refractivity contribution is 14.0. The molecule has 0 aliphatic carbocycles. The van der Waals surface area contributed by atoms with E-state index in [0.717, 1.165) is 11.1 Å². The molecule has 2 aromatic rings. The Balaban J connectivity index is 0.00000450. The van der Waals surface area contributed by atoms with Crippen LogP contribution in [0.25, 0.3) is 0 Å². The second-order valence-corrected chi connectivity index (χ2v) is 6.72. The van der Waals surface area contributed by atoms with Crippen molar-refractivity contribution in [3.8, 4) is 11.5 Å². The Morgan fingerprint density at radius 1 is 1.20 bits per heavy atom. The number of nitrogens with zero attached hydrogens (tertiary/aromatic N) is 2. The second-order valence-electron chi connectivity index (χ2n) is 6.72. The van der Waals surface area contributed by atoms with Gasteiger partial charge in [-0.1, -0.05) is 18.2 Å². The standard InChI is InChI=1S/C22H30FN3O3.HI/c1-6-24-22(25-13-19(27)17-9-7-8-10-18(17)23)26(3)14-16-12-21(29-5)20(28-4)11-15(16)2;/h7-12,19,27H,6,13-14H2,1-5H3,(H,24,25);1H. The third kappa shape index (κ3) is 6.73. The van der Waals surface area contributed by atoms with Crippen molar-refractivity contribution in [1.29, 1.82) is 0 Å². The Morgan fingerprint density at radius 3 is 2.43 bits per heavy atom. The van der Waals surface area contributed by atoms with Gasteiger partial charge in [0.15, 0.2) is 17.5 Å². The number of rotatable bonds is 8. The van der Waals surface area contributed by atoms with Crippen LogP contribution in [0.2, 0.25) is 0 Å².